The fraction of sp³-hybridized carbons (Fsp3) is 0.250. The van der Waals surface area contributed by atoms with E-state index in [9.17, 15) is 0 Å². The van der Waals surface area contributed by atoms with Crippen molar-refractivity contribution in [3.05, 3.63) is 38.5 Å². The molecule has 0 spiro atoms. The second-order valence-electron chi connectivity index (χ2n) is 3.66. The lowest BCUT2D eigenvalue weighted by Crippen LogP contribution is -2.05. The Labute approximate surface area is 132 Å². The molecule has 19 heavy (non-hydrogen) atoms. The zero-order valence-corrected chi connectivity index (χ0v) is 14.0. The molecule has 0 aliphatic heterocycles. The van der Waals surface area contributed by atoms with Crippen LogP contribution in [0.25, 0.3) is 5.69 Å². The van der Waals surface area contributed by atoms with Gasteiger partial charge in [-0.05, 0) is 50.1 Å². The van der Waals surface area contributed by atoms with Crippen LogP contribution < -0.4 is 4.74 Å². The van der Waals surface area contributed by atoms with Gasteiger partial charge in [0.15, 0.2) is 0 Å². The maximum atomic E-state index is 6.18. The molecule has 1 aromatic carbocycles. The summed E-state index contributed by atoms with van der Waals surface area (Å²) in [6.07, 6.45) is 0. The van der Waals surface area contributed by atoms with E-state index < -0.39 is 0 Å². The number of hydrogen-bond acceptors (Lipinski definition) is 3. The SMILES string of the molecule is COCCOc1ccc(-n2nc(Br)cc2Br)cc1Cl. The lowest BCUT2D eigenvalue weighted by Gasteiger charge is -2.09. The van der Waals surface area contributed by atoms with Gasteiger partial charge in [0.25, 0.3) is 0 Å². The zero-order valence-electron chi connectivity index (χ0n) is 10.1. The minimum Gasteiger partial charge on any atom is -0.490 e. The summed E-state index contributed by atoms with van der Waals surface area (Å²) in [6.45, 7) is 0.988. The summed E-state index contributed by atoms with van der Waals surface area (Å²) in [5, 5.41) is 4.83. The van der Waals surface area contributed by atoms with Crippen LogP contribution in [0.2, 0.25) is 5.02 Å². The van der Waals surface area contributed by atoms with Crippen LogP contribution in [-0.4, -0.2) is 30.1 Å². The normalized spacial score (nSPS) is 10.7. The highest BCUT2D eigenvalue weighted by Crippen LogP contribution is 2.29. The lowest BCUT2D eigenvalue weighted by molar-refractivity contribution is 0.146. The number of hydrogen-bond donors (Lipinski definition) is 0. The van der Waals surface area contributed by atoms with Crippen molar-refractivity contribution < 1.29 is 9.47 Å². The first-order valence-corrected chi connectivity index (χ1v) is 7.41. The molecule has 0 radical (unpaired) electrons. The molecule has 0 bridgehead atoms. The topological polar surface area (TPSA) is 36.3 Å². The molecule has 0 fully saturated rings. The van der Waals surface area contributed by atoms with Crippen molar-refractivity contribution in [2.75, 3.05) is 20.3 Å². The van der Waals surface area contributed by atoms with E-state index in [2.05, 4.69) is 37.0 Å². The lowest BCUT2D eigenvalue weighted by atomic mass is 10.3. The third-order valence-electron chi connectivity index (χ3n) is 2.34. The standard InChI is InChI=1S/C12H11Br2ClN2O2/c1-18-4-5-19-10-3-2-8(6-9(10)15)17-12(14)7-11(13)16-17/h2-3,6-7H,4-5H2,1H3. The first-order chi connectivity index (χ1) is 9.11. The van der Waals surface area contributed by atoms with Gasteiger partial charge in [0.1, 0.15) is 21.6 Å². The van der Waals surface area contributed by atoms with Gasteiger partial charge in [0.2, 0.25) is 0 Å². The summed E-state index contributed by atoms with van der Waals surface area (Å²) in [5.41, 5.74) is 0.849. The number of nitrogens with zero attached hydrogens (tertiary/aromatic N) is 2. The monoisotopic (exact) mass is 408 g/mol. The van der Waals surface area contributed by atoms with Crippen LogP contribution >= 0.6 is 43.5 Å². The van der Waals surface area contributed by atoms with Gasteiger partial charge >= 0.3 is 0 Å². The van der Waals surface area contributed by atoms with Crippen LogP contribution in [0.15, 0.2) is 33.5 Å². The number of rotatable bonds is 5. The summed E-state index contributed by atoms with van der Waals surface area (Å²) in [5.74, 6) is 0.629. The van der Waals surface area contributed by atoms with Crippen LogP contribution in [0, 0.1) is 0 Å². The average Bonchev–Trinajstić information content (AvgIpc) is 2.71. The smallest absolute Gasteiger partial charge is 0.138 e. The minimum absolute atomic E-state index is 0.465. The van der Waals surface area contributed by atoms with E-state index in [4.69, 9.17) is 21.1 Å². The van der Waals surface area contributed by atoms with E-state index in [0.717, 1.165) is 14.9 Å². The molecule has 0 N–H and O–H groups in total. The molecule has 0 aliphatic rings. The molecule has 4 nitrogen and oxygen atoms in total. The van der Waals surface area contributed by atoms with Gasteiger partial charge in [0.05, 0.1) is 17.3 Å². The Kier molecular flexibility index (Phi) is 5.27. The molecule has 0 unspecified atom stereocenters. The maximum absolute atomic E-state index is 6.18. The number of benzene rings is 1. The predicted octanol–water partition coefficient (Wildman–Crippen LogP) is 4.08. The Hall–Kier alpha value is -0.560. The molecule has 1 aromatic heterocycles. The fourth-order valence-electron chi connectivity index (χ4n) is 1.49. The summed E-state index contributed by atoms with van der Waals surface area (Å²) in [4.78, 5) is 0. The molecule has 2 aromatic rings. The third-order valence-corrected chi connectivity index (χ3v) is 3.59. The highest BCUT2D eigenvalue weighted by Gasteiger charge is 2.09. The van der Waals surface area contributed by atoms with Gasteiger partial charge in [-0.1, -0.05) is 11.6 Å². The predicted molar refractivity (Wildman–Crippen MR) is 81.3 cm³/mol. The summed E-state index contributed by atoms with van der Waals surface area (Å²) >= 11 is 12.9. The second kappa shape index (κ2) is 6.74. The maximum Gasteiger partial charge on any atom is 0.138 e. The molecule has 0 atom stereocenters. The van der Waals surface area contributed by atoms with Crippen molar-refractivity contribution in [1.29, 1.82) is 0 Å². The van der Waals surface area contributed by atoms with Crippen LogP contribution in [0.5, 0.6) is 5.75 Å². The number of methoxy groups -OCH3 is 1. The molecule has 0 saturated heterocycles. The first-order valence-electron chi connectivity index (χ1n) is 5.44. The first kappa shape index (κ1) is 14.8. The average molecular weight is 410 g/mol. The van der Waals surface area contributed by atoms with Crippen molar-refractivity contribution >= 4 is 43.5 Å². The zero-order chi connectivity index (χ0) is 13.8. The number of ether oxygens (including phenoxy) is 2. The fourth-order valence-corrected chi connectivity index (χ4v) is 2.90. The van der Waals surface area contributed by atoms with Crippen molar-refractivity contribution in [2.24, 2.45) is 0 Å². The highest BCUT2D eigenvalue weighted by molar-refractivity contribution is 9.11. The Balaban J connectivity index is 2.21. The van der Waals surface area contributed by atoms with Crippen LogP contribution in [0.4, 0.5) is 0 Å². The van der Waals surface area contributed by atoms with Gasteiger partial charge < -0.3 is 9.47 Å². The minimum atomic E-state index is 0.465. The Bertz CT molecular complexity index is 575. The van der Waals surface area contributed by atoms with Crippen molar-refractivity contribution in [3.8, 4) is 11.4 Å². The number of halogens is 3. The molecule has 2 rings (SSSR count). The Morgan fingerprint density at radius 2 is 2.05 bits per heavy atom. The second-order valence-corrected chi connectivity index (χ2v) is 5.69. The molecule has 102 valence electrons. The van der Waals surface area contributed by atoms with E-state index in [-0.39, 0.29) is 0 Å². The third kappa shape index (κ3) is 3.72. The van der Waals surface area contributed by atoms with Crippen molar-refractivity contribution in [3.63, 3.8) is 0 Å². The van der Waals surface area contributed by atoms with Gasteiger partial charge in [-0.25, -0.2) is 4.68 Å². The molecule has 0 amide bonds. The molecular weight excluding hydrogens is 399 g/mol. The Morgan fingerprint density at radius 1 is 1.26 bits per heavy atom. The summed E-state index contributed by atoms with van der Waals surface area (Å²) < 4.78 is 13.7. The highest BCUT2D eigenvalue weighted by atomic mass is 79.9. The molecular formula is C12H11Br2ClN2O2. The van der Waals surface area contributed by atoms with E-state index in [0.29, 0.717) is 24.0 Å². The molecule has 7 heteroatoms. The van der Waals surface area contributed by atoms with Crippen molar-refractivity contribution in [1.82, 2.24) is 9.78 Å². The Morgan fingerprint density at radius 3 is 2.63 bits per heavy atom. The summed E-state index contributed by atoms with van der Waals surface area (Å²) in [7, 11) is 1.63. The number of aromatic nitrogens is 2. The largest absolute Gasteiger partial charge is 0.490 e. The summed E-state index contributed by atoms with van der Waals surface area (Å²) in [6, 6.07) is 7.36. The van der Waals surface area contributed by atoms with E-state index in [1.54, 1.807) is 17.9 Å². The quantitative estimate of drug-likeness (QED) is 0.697. The van der Waals surface area contributed by atoms with Gasteiger partial charge in [-0.15, -0.1) is 0 Å². The van der Waals surface area contributed by atoms with Gasteiger partial charge in [-0.2, -0.15) is 5.10 Å². The van der Waals surface area contributed by atoms with Crippen LogP contribution in [-0.2, 0) is 4.74 Å². The van der Waals surface area contributed by atoms with Crippen molar-refractivity contribution in [2.45, 2.75) is 0 Å². The van der Waals surface area contributed by atoms with E-state index >= 15 is 0 Å². The molecule has 1 heterocycles. The van der Waals surface area contributed by atoms with Crippen LogP contribution in [0.1, 0.15) is 0 Å². The van der Waals surface area contributed by atoms with Crippen LogP contribution in [0.3, 0.4) is 0 Å². The van der Waals surface area contributed by atoms with Gasteiger partial charge in [0, 0.05) is 13.2 Å². The molecule has 0 saturated carbocycles. The van der Waals surface area contributed by atoms with Gasteiger partial charge in [-0.3, -0.25) is 0 Å². The molecule has 0 aliphatic carbocycles. The van der Waals surface area contributed by atoms with E-state index in [1.165, 1.54) is 0 Å². The van der Waals surface area contributed by atoms with E-state index in [1.807, 2.05) is 18.2 Å².